The fourth-order valence-corrected chi connectivity index (χ4v) is 3.33. The van der Waals surface area contributed by atoms with Gasteiger partial charge in [0.15, 0.2) is 11.5 Å². The topological polar surface area (TPSA) is 118 Å². The van der Waals surface area contributed by atoms with Crippen molar-refractivity contribution in [3.63, 3.8) is 0 Å². The number of carbonyl (C=O) groups excluding carboxylic acids is 2. The number of ether oxygens (including phenoxy) is 3. The van der Waals surface area contributed by atoms with Gasteiger partial charge in [0, 0.05) is 11.8 Å². The minimum atomic E-state index is -0.759. The largest absolute Gasteiger partial charge is 0.504 e. The summed E-state index contributed by atoms with van der Waals surface area (Å²) < 4.78 is 16.0. The van der Waals surface area contributed by atoms with Gasteiger partial charge in [0.2, 0.25) is 0 Å². The second-order valence-corrected chi connectivity index (χ2v) is 6.75. The van der Waals surface area contributed by atoms with Crippen LogP contribution in [0.2, 0.25) is 0 Å². The molecule has 164 valence electrons. The minimum Gasteiger partial charge on any atom is -0.504 e. The number of nitrogens with one attached hydrogen (secondary N) is 3. The first-order chi connectivity index (χ1) is 14.9. The van der Waals surface area contributed by atoms with E-state index in [1.165, 1.54) is 20.3 Å². The van der Waals surface area contributed by atoms with Crippen LogP contribution in [-0.2, 0) is 4.79 Å². The second kappa shape index (κ2) is 9.29. The average Bonchev–Trinajstić information content (AvgIpc) is 2.74. The summed E-state index contributed by atoms with van der Waals surface area (Å²) in [6.07, 6.45) is 0. The van der Waals surface area contributed by atoms with Crippen LogP contribution in [-0.4, -0.2) is 37.9 Å². The molecule has 1 heterocycles. The molecule has 0 bridgehead atoms. The number of phenolic OH excluding ortho intramolecular Hbond substituents is 1. The Morgan fingerprint density at radius 3 is 2.58 bits per heavy atom. The van der Waals surface area contributed by atoms with Gasteiger partial charge < -0.3 is 35.3 Å². The number of carbonyl (C=O) groups is 2. The lowest BCUT2D eigenvalue weighted by Crippen LogP contribution is -2.46. The highest BCUT2D eigenvalue weighted by atomic mass is 16.5. The van der Waals surface area contributed by atoms with Crippen molar-refractivity contribution in [3.05, 3.63) is 53.2 Å². The zero-order chi connectivity index (χ0) is 22.5. The molecular formula is C22H25N3O6. The Morgan fingerprint density at radius 2 is 1.90 bits per heavy atom. The molecule has 0 saturated carbocycles. The van der Waals surface area contributed by atoms with Gasteiger partial charge in [-0.3, -0.25) is 4.79 Å². The lowest BCUT2D eigenvalue weighted by molar-refractivity contribution is -0.113. The molecule has 1 aliphatic rings. The summed E-state index contributed by atoms with van der Waals surface area (Å²) in [7, 11) is 3.02. The summed E-state index contributed by atoms with van der Waals surface area (Å²) in [5, 5.41) is 18.2. The Hall–Kier alpha value is -3.88. The number of aromatic hydroxyl groups is 1. The number of urea groups is 1. The van der Waals surface area contributed by atoms with Crippen molar-refractivity contribution in [1.82, 2.24) is 10.6 Å². The van der Waals surface area contributed by atoms with Crippen molar-refractivity contribution in [1.29, 1.82) is 0 Å². The molecule has 0 spiro atoms. The van der Waals surface area contributed by atoms with Crippen molar-refractivity contribution < 1.29 is 28.9 Å². The molecule has 2 aromatic rings. The van der Waals surface area contributed by atoms with E-state index < -0.39 is 18.0 Å². The molecule has 0 fully saturated rings. The standard InChI is InChI=1S/C22H25N3O6/c1-5-31-18-10-13(6-8-16(18)26)20-19(12(2)23-22(28)25-20)21(27)24-15-11-14(29-3)7-9-17(15)30-4/h6-11,20,26H,5H2,1-4H3,(H,24,27)(H2,23,25,28)/t20-/m0/s1. The first kappa shape index (κ1) is 21.8. The molecule has 0 aromatic heterocycles. The maximum atomic E-state index is 13.3. The Bertz CT molecular complexity index is 1030. The van der Waals surface area contributed by atoms with E-state index in [9.17, 15) is 14.7 Å². The molecule has 3 amide bonds. The van der Waals surface area contributed by atoms with Gasteiger partial charge in [-0.1, -0.05) is 6.07 Å². The number of rotatable bonds is 7. The van der Waals surface area contributed by atoms with Gasteiger partial charge in [0.05, 0.1) is 38.1 Å². The van der Waals surface area contributed by atoms with Crippen molar-refractivity contribution in [2.24, 2.45) is 0 Å². The van der Waals surface area contributed by atoms with E-state index in [4.69, 9.17) is 14.2 Å². The third-order valence-electron chi connectivity index (χ3n) is 4.79. The highest BCUT2D eigenvalue weighted by molar-refractivity contribution is 6.07. The van der Waals surface area contributed by atoms with Crippen molar-refractivity contribution in [2.75, 3.05) is 26.1 Å². The van der Waals surface area contributed by atoms with Crippen LogP contribution in [0.4, 0.5) is 10.5 Å². The molecule has 9 heteroatoms. The normalized spacial score (nSPS) is 15.6. The van der Waals surface area contributed by atoms with Gasteiger partial charge in [0.25, 0.3) is 5.91 Å². The summed E-state index contributed by atoms with van der Waals surface area (Å²) >= 11 is 0. The lowest BCUT2D eigenvalue weighted by Gasteiger charge is -2.29. The summed E-state index contributed by atoms with van der Waals surface area (Å²) in [5.41, 5.74) is 1.71. The van der Waals surface area contributed by atoms with Gasteiger partial charge in [-0.2, -0.15) is 0 Å². The summed E-state index contributed by atoms with van der Waals surface area (Å²) in [5.74, 6) is 0.805. The SMILES string of the molecule is CCOc1cc([C@@H]2NC(=O)NC(C)=C2C(=O)Nc2cc(OC)ccc2OC)ccc1O. The Balaban J connectivity index is 1.99. The van der Waals surface area contributed by atoms with Crippen LogP contribution in [0.1, 0.15) is 25.5 Å². The first-order valence-corrected chi connectivity index (χ1v) is 9.65. The number of benzene rings is 2. The Labute approximate surface area is 180 Å². The van der Waals surface area contributed by atoms with Crippen LogP contribution in [0, 0.1) is 0 Å². The smallest absolute Gasteiger partial charge is 0.319 e. The number of phenols is 1. The molecule has 0 aliphatic carbocycles. The predicted octanol–water partition coefficient (Wildman–Crippen LogP) is 3.07. The first-order valence-electron chi connectivity index (χ1n) is 9.65. The van der Waals surface area contributed by atoms with Gasteiger partial charge >= 0.3 is 6.03 Å². The molecule has 0 saturated heterocycles. The van der Waals surface area contributed by atoms with Gasteiger partial charge in [-0.05, 0) is 43.7 Å². The molecule has 3 rings (SSSR count). The highest BCUT2D eigenvalue weighted by Crippen LogP contribution is 2.35. The van der Waals surface area contributed by atoms with E-state index >= 15 is 0 Å². The van der Waals surface area contributed by atoms with Crippen molar-refractivity contribution in [3.8, 4) is 23.0 Å². The van der Waals surface area contributed by atoms with E-state index in [0.29, 0.717) is 40.6 Å². The van der Waals surface area contributed by atoms with E-state index in [-0.39, 0.29) is 11.5 Å². The number of anilines is 1. The van der Waals surface area contributed by atoms with E-state index in [2.05, 4.69) is 16.0 Å². The lowest BCUT2D eigenvalue weighted by atomic mass is 9.94. The van der Waals surface area contributed by atoms with Gasteiger partial charge in [-0.15, -0.1) is 0 Å². The molecule has 4 N–H and O–H groups in total. The summed E-state index contributed by atoms with van der Waals surface area (Å²) in [6, 6.07) is 8.53. The minimum absolute atomic E-state index is 0.0290. The van der Waals surface area contributed by atoms with E-state index in [0.717, 1.165) is 0 Å². The van der Waals surface area contributed by atoms with Crippen molar-refractivity contribution in [2.45, 2.75) is 19.9 Å². The van der Waals surface area contributed by atoms with Crippen LogP contribution in [0.3, 0.4) is 0 Å². The molecule has 0 unspecified atom stereocenters. The second-order valence-electron chi connectivity index (χ2n) is 6.75. The molecule has 9 nitrogen and oxygen atoms in total. The highest BCUT2D eigenvalue weighted by Gasteiger charge is 2.32. The molecule has 1 atom stereocenters. The summed E-state index contributed by atoms with van der Waals surface area (Å²) in [4.78, 5) is 25.4. The maximum Gasteiger partial charge on any atom is 0.319 e. The number of amides is 3. The zero-order valence-corrected chi connectivity index (χ0v) is 17.7. The fourth-order valence-electron chi connectivity index (χ4n) is 3.33. The summed E-state index contributed by atoms with van der Waals surface area (Å²) in [6.45, 7) is 3.80. The average molecular weight is 427 g/mol. The monoisotopic (exact) mass is 427 g/mol. The van der Waals surface area contributed by atoms with Crippen LogP contribution >= 0.6 is 0 Å². The van der Waals surface area contributed by atoms with E-state index in [1.807, 2.05) is 0 Å². The Morgan fingerprint density at radius 1 is 1.13 bits per heavy atom. The number of methoxy groups -OCH3 is 2. The molecule has 31 heavy (non-hydrogen) atoms. The Kier molecular flexibility index (Phi) is 6.54. The van der Waals surface area contributed by atoms with Crippen LogP contribution in [0.25, 0.3) is 0 Å². The number of hydrogen-bond donors (Lipinski definition) is 4. The van der Waals surface area contributed by atoms with Crippen LogP contribution in [0.15, 0.2) is 47.7 Å². The van der Waals surface area contributed by atoms with Crippen LogP contribution in [0.5, 0.6) is 23.0 Å². The molecular weight excluding hydrogens is 402 g/mol. The zero-order valence-electron chi connectivity index (χ0n) is 17.7. The predicted molar refractivity (Wildman–Crippen MR) is 115 cm³/mol. The van der Waals surface area contributed by atoms with Gasteiger partial charge in [0.1, 0.15) is 11.5 Å². The maximum absolute atomic E-state index is 13.3. The quantitative estimate of drug-likeness (QED) is 0.539. The molecule has 2 aromatic carbocycles. The number of hydrogen-bond acceptors (Lipinski definition) is 6. The number of allylic oxidation sites excluding steroid dienone is 1. The molecule has 0 radical (unpaired) electrons. The third-order valence-corrected chi connectivity index (χ3v) is 4.79. The molecule has 1 aliphatic heterocycles. The van der Waals surface area contributed by atoms with Crippen LogP contribution < -0.4 is 30.2 Å². The fraction of sp³-hybridized carbons (Fsp3) is 0.273. The van der Waals surface area contributed by atoms with Gasteiger partial charge in [-0.25, -0.2) is 4.79 Å². The van der Waals surface area contributed by atoms with Crippen molar-refractivity contribution >= 4 is 17.6 Å². The van der Waals surface area contributed by atoms with E-state index in [1.54, 1.807) is 44.2 Å². The third kappa shape index (κ3) is 4.66.